The molecular weight excluding hydrogens is 401 g/mol. The van der Waals surface area contributed by atoms with Crippen molar-refractivity contribution < 1.29 is 4.79 Å². The lowest BCUT2D eigenvalue weighted by atomic mass is 9.92. The number of pyridine rings is 1. The highest BCUT2D eigenvalue weighted by atomic mass is 35.5. The molecule has 7 heteroatoms. The number of benzene rings is 1. The van der Waals surface area contributed by atoms with Crippen LogP contribution in [0.15, 0.2) is 58.6 Å². The van der Waals surface area contributed by atoms with E-state index in [4.69, 9.17) is 0 Å². The van der Waals surface area contributed by atoms with Crippen molar-refractivity contribution in [3.63, 3.8) is 0 Å². The first-order valence-electron chi connectivity index (χ1n) is 8.98. The fourth-order valence-electron chi connectivity index (χ4n) is 3.80. The van der Waals surface area contributed by atoms with Gasteiger partial charge in [0.05, 0.1) is 0 Å². The highest BCUT2D eigenvalue weighted by Gasteiger charge is 2.31. The average molecular weight is 426 g/mol. The number of carbonyl (C=O) groups is 1. The topological polar surface area (TPSA) is 45.2 Å². The van der Waals surface area contributed by atoms with E-state index in [2.05, 4.69) is 10.3 Å². The lowest BCUT2D eigenvalue weighted by molar-refractivity contribution is 0.0758. The average Bonchev–Trinajstić information content (AvgIpc) is 3.01. The highest BCUT2D eigenvalue weighted by Crippen LogP contribution is 2.29. The van der Waals surface area contributed by atoms with Crippen molar-refractivity contribution in [3.8, 4) is 0 Å². The Balaban J connectivity index is 0.00000131. The summed E-state index contributed by atoms with van der Waals surface area (Å²) in [6.45, 7) is 4.00. The van der Waals surface area contributed by atoms with Crippen LogP contribution in [0.5, 0.6) is 0 Å². The van der Waals surface area contributed by atoms with Crippen molar-refractivity contribution in [2.45, 2.75) is 22.8 Å². The molecule has 1 aromatic carbocycles. The van der Waals surface area contributed by atoms with Gasteiger partial charge in [-0.25, -0.2) is 4.98 Å². The lowest BCUT2D eigenvalue weighted by Crippen LogP contribution is -2.32. The molecule has 0 bridgehead atoms. The molecule has 0 unspecified atom stereocenters. The van der Waals surface area contributed by atoms with Crippen LogP contribution >= 0.6 is 36.6 Å². The summed E-state index contributed by atoms with van der Waals surface area (Å²) < 4.78 is 0. The van der Waals surface area contributed by atoms with Gasteiger partial charge in [-0.1, -0.05) is 17.8 Å². The van der Waals surface area contributed by atoms with Crippen LogP contribution in [0.4, 0.5) is 0 Å². The molecule has 146 valence electrons. The molecule has 0 aliphatic carbocycles. The minimum atomic E-state index is 0. The largest absolute Gasteiger partial charge is 0.339 e. The van der Waals surface area contributed by atoms with Crippen molar-refractivity contribution >= 4 is 42.5 Å². The molecule has 2 aliphatic rings. The molecule has 0 radical (unpaired) electrons. The van der Waals surface area contributed by atoms with E-state index in [1.54, 1.807) is 18.0 Å². The Morgan fingerprint density at radius 2 is 1.67 bits per heavy atom. The third kappa shape index (κ3) is 5.38. The fraction of sp³-hybridized carbons (Fsp3) is 0.400. The van der Waals surface area contributed by atoms with E-state index in [-0.39, 0.29) is 30.7 Å². The maximum absolute atomic E-state index is 12.8. The number of hydrogen-bond acceptors (Lipinski definition) is 4. The number of halogens is 2. The molecule has 0 saturated carbocycles. The minimum absolute atomic E-state index is 0. The Bertz CT molecular complexity index is 716. The summed E-state index contributed by atoms with van der Waals surface area (Å²) in [6.07, 6.45) is 4.04. The zero-order valence-corrected chi connectivity index (χ0v) is 17.5. The third-order valence-corrected chi connectivity index (χ3v) is 6.23. The van der Waals surface area contributed by atoms with Gasteiger partial charge in [0.1, 0.15) is 5.03 Å². The predicted octanol–water partition coefficient (Wildman–Crippen LogP) is 4.15. The molecule has 3 heterocycles. The Morgan fingerprint density at radius 1 is 1.00 bits per heavy atom. The molecule has 1 N–H and O–H groups in total. The maximum Gasteiger partial charge on any atom is 0.253 e. The van der Waals surface area contributed by atoms with Gasteiger partial charge in [-0.3, -0.25) is 4.79 Å². The van der Waals surface area contributed by atoms with Crippen molar-refractivity contribution in [1.29, 1.82) is 0 Å². The molecule has 4 nitrogen and oxygen atoms in total. The molecule has 4 rings (SSSR count). The number of carbonyl (C=O) groups excluding carboxylic acids is 1. The second-order valence-corrected chi connectivity index (χ2v) is 7.94. The number of nitrogens with one attached hydrogen (secondary N) is 1. The highest BCUT2D eigenvalue weighted by molar-refractivity contribution is 7.99. The maximum atomic E-state index is 12.8. The summed E-state index contributed by atoms with van der Waals surface area (Å²) in [7, 11) is 0. The van der Waals surface area contributed by atoms with Gasteiger partial charge in [-0.15, -0.1) is 24.8 Å². The summed E-state index contributed by atoms with van der Waals surface area (Å²) in [4.78, 5) is 20.3. The van der Waals surface area contributed by atoms with E-state index >= 15 is 0 Å². The summed E-state index contributed by atoms with van der Waals surface area (Å²) in [5, 5.41) is 4.45. The van der Waals surface area contributed by atoms with Crippen molar-refractivity contribution in [2.75, 3.05) is 26.2 Å². The Hall–Kier alpha value is -1.27. The van der Waals surface area contributed by atoms with E-state index in [0.29, 0.717) is 0 Å². The number of nitrogens with zero attached hydrogens (tertiary/aromatic N) is 2. The van der Waals surface area contributed by atoms with E-state index < -0.39 is 0 Å². The van der Waals surface area contributed by atoms with Gasteiger partial charge in [-0.05, 0) is 74.2 Å². The monoisotopic (exact) mass is 425 g/mol. The molecule has 2 atom stereocenters. The molecule has 1 amide bonds. The van der Waals surface area contributed by atoms with Crippen molar-refractivity contribution in [1.82, 2.24) is 15.2 Å². The molecule has 0 spiro atoms. The summed E-state index contributed by atoms with van der Waals surface area (Å²) in [6, 6.07) is 13.8. The standard InChI is InChI=1S/C20H23N3OS.2ClH/c24-20(23-11-8-16-13-21-14-17(16)9-12-23)15-4-6-18(7-5-15)25-19-3-1-2-10-22-19;;/h1-7,10,16-17,21H,8-9,11-14H2;2*1H/t16-,17+;;. The summed E-state index contributed by atoms with van der Waals surface area (Å²) in [5.41, 5.74) is 0.788. The van der Waals surface area contributed by atoms with Gasteiger partial charge >= 0.3 is 0 Å². The normalized spacial score (nSPS) is 21.4. The number of aromatic nitrogens is 1. The van der Waals surface area contributed by atoms with Crippen molar-refractivity contribution in [2.24, 2.45) is 11.8 Å². The van der Waals surface area contributed by atoms with Gasteiger partial charge in [0, 0.05) is 29.7 Å². The number of amides is 1. The molecule has 1 aromatic heterocycles. The molecule has 27 heavy (non-hydrogen) atoms. The fourth-order valence-corrected chi connectivity index (χ4v) is 4.57. The molecular formula is C20H25Cl2N3OS. The zero-order valence-electron chi connectivity index (χ0n) is 15.0. The van der Waals surface area contributed by atoms with Crippen LogP contribution in [0.3, 0.4) is 0 Å². The third-order valence-electron chi connectivity index (χ3n) is 5.27. The second-order valence-electron chi connectivity index (χ2n) is 6.84. The Kier molecular flexibility index (Phi) is 8.42. The SMILES string of the molecule is Cl.Cl.O=C(c1ccc(Sc2ccccn2)cc1)N1CC[C@@H]2CNC[C@@H]2CC1. The van der Waals surface area contributed by atoms with Crippen molar-refractivity contribution in [3.05, 3.63) is 54.2 Å². The van der Waals surface area contributed by atoms with Crippen LogP contribution in [0.1, 0.15) is 23.2 Å². The summed E-state index contributed by atoms with van der Waals surface area (Å²) >= 11 is 1.62. The quantitative estimate of drug-likeness (QED) is 0.801. The van der Waals surface area contributed by atoms with Gasteiger partial charge in [0.25, 0.3) is 5.91 Å². The Labute approximate surface area is 177 Å². The molecule has 2 saturated heterocycles. The van der Waals surface area contributed by atoms with Crippen LogP contribution in [-0.4, -0.2) is 42.0 Å². The smallest absolute Gasteiger partial charge is 0.253 e. The molecule has 2 aromatic rings. The van der Waals surface area contributed by atoms with Gasteiger partial charge in [-0.2, -0.15) is 0 Å². The van der Waals surface area contributed by atoms with Crippen LogP contribution in [0.25, 0.3) is 0 Å². The first kappa shape index (κ1) is 22.0. The van der Waals surface area contributed by atoms with E-state index in [0.717, 1.165) is 66.3 Å². The van der Waals surface area contributed by atoms with Gasteiger partial charge in [0.15, 0.2) is 0 Å². The number of fused-ring (bicyclic) bond motifs is 1. The minimum Gasteiger partial charge on any atom is -0.339 e. The number of rotatable bonds is 3. The Morgan fingerprint density at radius 3 is 2.26 bits per heavy atom. The van der Waals surface area contributed by atoms with Crippen LogP contribution in [0, 0.1) is 11.8 Å². The van der Waals surface area contributed by atoms with Gasteiger partial charge < -0.3 is 10.2 Å². The first-order chi connectivity index (χ1) is 12.3. The van der Waals surface area contributed by atoms with Gasteiger partial charge in [0.2, 0.25) is 0 Å². The second kappa shape index (κ2) is 10.3. The van der Waals surface area contributed by atoms with Crippen LogP contribution in [0.2, 0.25) is 0 Å². The number of likely N-dealkylation sites (tertiary alicyclic amines) is 1. The van der Waals surface area contributed by atoms with Crippen LogP contribution < -0.4 is 5.32 Å². The molecule has 2 fully saturated rings. The first-order valence-corrected chi connectivity index (χ1v) is 9.80. The lowest BCUT2D eigenvalue weighted by Gasteiger charge is -2.21. The summed E-state index contributed by atoms with van der Waals surface area (Å²) in [5.74, 6) is 1.66. The van der Waals surface area contributed by atoms with E-state index in [9.17, 15) is 4.79 Å². The molecule has 2 aliphatic heterocycles. The number of hydrogen-bond donors (Lipinski definition) is 1. The zero-order chi connectivity index (χ0) is 17.1. The predicted molar refractivity (Wildman–Crippen MR) is 114 cm³/mol. The van der Waals surface area contributed by atoms with E-state index in [1.807, 2.05) is 47.4 Å². The van der Waals surface area contributed by atoms with Crippen LogP contribution in [-0.2, 0) is 0 Å². The van der Waals surface area contributed by atoms with E-state index in [1.165, 1.54) is 0 Å².